The molecule has 3 N–H and O–H groups in total. The predicted molar refractivity (Wildman–Crippen MR) is 92.7 cm³/mol. The molecule has 0 amide bonds. The van der Waals surface area contributed by atoms with E-state index in [0.717, 1.165) is 17.9 Å². The SMILES string of the molecule is COc1ccccc1NC(N)=NCCc1cc(C)cc(C)c1. The molecule has 0 unspecified atom stereocenters. The second-order valence-corrected chi connectivity index (χ2v) is 5.34. The van der Waals surface area contributed by atoms with Gasteiger partial charge in [0, 0.05) is 6.54 Å². The van der Waals surface area contributed by atoms with Crippen LogP contribution in [0.3, 0.4) is 0 Å². The molecule has 0 aliphatic carbocycles. The quantitative estimate of drug-likeness (QED) is 0.657. The number of hydrogen-bond donors (Lipinski definition) is 2. The second-order valence-electron chi connectivity index (χ2n) is 5.34. The van der Waals surface area contributed by atoms with Crippen LogP contribution in [0.25, 0.3) is 0 Å². The smallest absolute Gasteiger partial charge is 0.193 e. The Kier molecular flexibility index (Phi) is 5.42. The first kappa shape index (κ1) is 15.9. The fraction of sp³-hybridized carbons (Fsp3) is 0.278. The van der Waals surface area contributed by atoms with Crippen molar-refractivity contribution in [3.63, 3.8) is 0 Å². The average molecular weight is 297 g/mol. The lowest BCUT2D eigenvalue weighted by atomic mass is 10.1. The van der Waals surface area contributed by atoms with Gasteiger partial charge in [0.25, 0.3) is 0 Å². The molecule has 0 saturated carbocycles. The standard InChI is InChI=1S/C18H23N3O/c1-13-10-14(2)12-15(11-13)8-9-20-18(19)21-16-6-4-5-7-17(16)22-3/h4-7,10-12H,8-9H2,1-3H3,(H3,19,20,21). The minimum absolute atomic E-state index is 0.397. The van der Waals surface area contributed by atoms with Crippen LogP contribution in [0.4, 0.5) is 5.69 Å². The van der Waals surface area contributed by atoms with Crippen molar-refractivity contribution in [2.24, 2.45) is 10.7 Å². The van der Waals surface area contributed by atoms with Crippen molar-refractivity contribution in [3.8, 4) is 5.75 Å². The van der Waals surface area contributed by atoms with Gasteiger partial charge < -0.3 is 15.8 Å². The van der Waals surface area contributed by atoms with Crippen LogP contribution in [-0.2, 0) is 6.42 Å². The summed E-state index contributed by atoms with van der Waals surface area (Å²) in [7, 11) is 1.63. The number of anilines is 1. The third-order valence-electron chi connectivity index (χ3n) is 3.33. The van der Waals surface area contributed by atoms with Crippen LogP contribution in [0.2, 0.25) is 0 Å². The minimum Gasteiger partial charge on any atom is -0.495 e. The Morgan fingerprint density at radius 3 is 2.50 bits per heavy atom. The number of benzene rings is 2. The monoisotopic (exact) mass is 297 g/mol. The summed E-state index contributed by atoms with van der Waals surface area (Å²) in [5.41, 5.74) is 10.6. The first-order valence-electron chi connectivity index (χ1n) is 7.35. The highest BCUT2D eigenvalue weighted by Crippen LogP contribution is 2.22. The highest BCUT2D eigenvalue weighted by molar-refractivity contribution is 5.93. The molecular weight excluding hydrogens is 274 g/mol. The molecule has 0 saturated heterocycles. The van der Waals surface area contributed by atoms with Gasteiger partial charge in [-0.25, -0.2) is 0 Å². The maximum absolute atomic E-state index is 5.94. The molecule has 2 rings (SSSR count). The van der Waals surface area contributed by atoms with E-state index in [1.54, 1.807) is 7.11 Å². The van der Waals surface area contributed by atoms with E-state index in [4.69, 9.17) is 10.5 Å². The summed E-state index contributed by atoms with van der Waals surface area (Å²) >= 11 is 0. The number of nitrogens with zero attached hydrogens (tertiary/aromatic N) is 1. The highest BCUT2D eigenvalue weighted by Gasteiger charge is 2.02. The summed E-state index contributed by atoms with van der Waals surface area (Å²) in [6, 6.07) is 14.2. The number of hydrogen-bond acceptors (Lipinski definition) is 2. The third-order valence-corrected chi connectivity index (χ3v) is 3.33. The molecule has 0 aliphatic heterocycles. The lowest BCUT2D eigenvalue weighted by Gasteiger charge is -2.10. The van der Waals surface area contributed by atoms with Crippen LogP contribution >= 0.6 is 0 Å². The number of aryl methyl sites for hydroxylation is 2. The summed E-state index contributed by atoms with van der Waals surface area (Å²) in [5, 5.41) is 3.07. The lowest BCUT2D eigenvalue weighted by Crippen LogP contribution is -2.23. The number of nitrogens with two attached hydrogens (primary N) is 1. The number of methoxy groups -OCH3 is 1. The number of guanidine groups is 1. The molecule has 116 valence electrons. The third kappa shape index (κ3) is 4.52. The average Bonchev–Trinajstić information content (AvgIpc) is 2.46. The van der Waals surface area contributed by atoms with Crippen LogP contribution in [-0.4, -0.2) is 19.6 Å². The van der Waals surface area contributed by atoms with Gasteiger partial charge in [-0.3, -0.25) is 4.99 Å². The predicted octanol–water partition coefficient (Wildman–Crippen LogP) is 3.28. The van der Waals surface area contributed by atoms with Crippen molar-refractivity contribution < 1.29 is 4.74 Å². The van der Waals surface area contributed by atoms with E-state index in [0.29, 0.717) is 12.5 Å². The number of ether oxygens (including phenoxy) is 1. The van der Waals surface area contributed by atoms with Crippen LogP contribution in [0, 0.1) is 13.8 Å². The van der Waals surface area contributed by atoms with Crippen molar-refractivity contribution in [2.45, 2.75) is 20.3 Å². The molecule has 0 bridgehead atoms. The molecule has 22 heavy (non-hydrogen) atoms. The van der Waals surface area contributed by atoms with Gasteiger partial charge in [-0.15, -0.1) is 0 Å². The topological polar surface area (TPSA) is 59.6 Å². The second kappa shape index (κ2) is 7.50. The Balaban J connectivity index is 1.95. The molecule has 2 aromatic carbocycles. The number of aliphatic imine (C=N–C) groups is 1. The van der Waals surface area contributed by atoms with Gasteiger partial charge in [-0.2, -0.15) is 0 Å². The lowest BCUT2D eigenvalue weighted by molar-refractivity contribution is 0.417. The Labute approximate surface area is 132 Å². The molecular formula is C18H23N3O. The van der Waals surface area contributed by atoms with E-state index in [1.807, 2.05) is 24.3 Å². The number of nitrogens with one attached hydrogen (secondary N) is 1. The zero-order chi connectivity index (χ0) is 15.9. The Morgan fingerprint density at radius 2 is 1.82 bits per heavy atom. The Morgan fingerprint density at radius 1 is 1.14 bits per heavy atom. The Bertz CT molecular complexity index is 645. The molecule has 0 aliphatic rings. The van der Waals surface area contributed by atoms with Crippen LogP contribution in [0.15, 0.2) is 47.5 Å². The zero-order valence-electron chi connectivity index (χ0n) is 13.4. The summed E-state index contributed by atoms with van der Waals surface area (Å²) in [6.07, 6.45) is 0.872. The van der Waals surface area contributed by atoms with Crippen molar-refractivity contribution in [3.05, 3.63) is 59.2 Å². The van der Waals surface area contributed by atoms with Crippen molar-refractivity contribution in [1.29, 1.82) is 0 Å². The van der Waals surface area contributed by atoms with Crippen LogP contribution < -0.4 is 15.8 Å². The van der Waals surface area contributed by atoms with Gasteiger partial charge in [0.2, 0.25) is 0 Å². The molecule has 0 heterocycles. The molecule has 4 nitrogen and oxygen atoms in total. The maximum Gasteiger partial charge on any atom is 0.193 e. The van der Waals surface area contributed by atoms with E-state index in [9.17, 15) is 0 Å². The van der Waals surface area contributed by atoms with Gasteiger partial charge in [-0.1, -0.05) is 41.5 Å². The summed E-state index contributed by atoms with van der Waals surface area (Å²) in [4.78, 5) is 4.38. The van der Waals surface area contributed by atoms with E-state index in [1.165, 1.54) is 16.7 Å². The molecule has 0 fully saturated rings. The summed E-state index contributed by atoms with van der Waals surface area (Å²) < 4.78 is 5.27. The van der Waals surface area contributed by atoms with E-state index in [2.05, 4.69) is 42.4 Å². The summed E-state index contributed by atoms with van der Waals surface area (Å²) in [6.45, 7) is 4.87. The molecule has 2 aromatic rings. The van der Waals surface area contributed by atoms with Gasteiger partial charge in [0.05, 0.1) is 12.8 Å². The largest absolute Gasteiger partial charge is 0.495 e. The molecule has 0 atom stereocenters. The van der Waals surface area contributed by atoms with Gasteiger partial charge in [0.15, 0.2) is 5.96 Å². The molecule has 0 spiro atoms. The molecule has 0 aromatic heterocycles. The van der Waals surface area contributed by atoms with E-state index in [-0.39, 0.29) is 0 Å². The highest BCUT2D eigenvalue weighted by atomic mass is 16.5. The fourth-order valence-electron chi connectivity index (χ4n) is 2.44. The van der Waals surface area contributed by atoms with E-state index < -0.39 is 0 Å². The number of rotatable bonds is 5. The van der Waals surface area contributed by atoms with Crippen LogP contribution in [0.1, 0.15) is 16.7 Å². The normalized spacial score (nSPS) is 11.3. The van der Waals surface area contributed by atoms with Crippen molar-refractivity contribution in [1.82, 2.24) is 0 Å². The summed E-state index contributed by atoms with van der Waals surface area (Å²) in [5.74, 6) is 1.14. The van der Waals surface area contributed by atoms with Crippen LogP contribution in [0.5, 0.6) is 5.75 Å². The Hall–Kier alpha value is -2.49. The van der Waals surface area contributed by atoms with Gasteiger partial charge >= 0.3 is 0 Å². The van der Waals surface area contributed by atoms with Gasteiger partial charge in [-0.05, 0) is 38.0 Å². The van der Waals surface area contributed by atoms with E-state index >= 15 is 0 Å². The van der Waals surface area contributed by atoms with Gasteiger partial charge in [0.1, 0.15) is 5.75 Å². The molecule has 0 radical (unpaired) electrons. The minimum atomic E-state index is 0.397. The first-order valence-corrected chi connectivity index (χ1v) is 7.35. The zero-order valence-corrected chi connectivity index (χ0v) is 13.4. The van der Waals surface area contributed by atoms with Crippen molar-refractivity contribution in [2.75, 3.05) is 19.0 Å². The fourth-order valence-corrected chi connectivity index (χ4v) is 2.44. The maximum atomic E-state index is 5.94. The van der Waals surface area contributed by atoms with Crippen molar-refractivity contribution >= 4 is 11.6 Å². The first-order chi connectivity index (χ1) is 10.6. The number of para-hydroxylation sites is 2. The molecule has 4 heteroatoms.